The van der Waals surface area contributed by atoms with Crippen LogP contribution in [0.15, 0.2) is 12.2 Å². The highest BCUT2D eigenvalue weighted by Crippen LogP contribution is 2.35. The van der Waals surface area contributed by atoms with Crippen molar-refractivity contribution in [2.75, 3.05) is 0 Å². The van der Waals surface area contributed by atoms with E-state index in [2.05, 4.69) is 20.4 Å². The maximum absolute atomic E-state index is 6.08. The summed E-state index contributed by atoms with van der Waals surface area (Å²) >= 11 is 6.08. The van der Waals surface area contributed by atoms with E-state index < -0.39 is 0 Å². The van der Waals surface area contributed by atoms with Gasteiger partial charge in [-0.1, -0.05) is 26.0 Å². The minimum atomic E-state index is 0.396. The fraction of sp³-hybridized carbons (Fsp3) is 0.800. The summed E-state index contributed by atoms with van der Waals surface area (Å²) in [5.41, 5.74) is 1.41. The molecular formula is C10H17Cl. The summed E-state index contributed by atoms with van der Waals surface area (Å²) in [6.07, 6.45) is 3.40. The quantitative estimate of drug-likeness (QED) is 0.419. The van der Waals surface area contributed by atoms with Gasteiger partial charge in [-0.15, -0.1) is 11.6 Å². The molecule has 1 aliphatic rings. The first-order chi connectivity index (χ1) is 5.11. The Hall–Kier alpha value is 0.0300. The van der Waals surface area contributed by atoms with Gasteiger partial charge in [0.05, 0.1) is 0 Å². The van der Waals surface area contributed by atoms with Crippen molar-refractivity contribution in [3.63, 3.8) is 0 Å². The number of allylic oxidation sites excluding steroid dienone is 1. The molecule has 0 bridgehead atoms. The fourth-order valence-corrected chi connectivity index (χ4v) is 2.13. The zero-order chi connectivity index (χ0) is 8.43. The molecule has 0 aromatic rings. The topological polar surface area (TPSA) is 0 Å². The highest BCUT2D eigenvalue weighted by molar-refractivity contribution is 6.20. The smallest absolute Gasteiger partial charge is 0.0344 e. The first kappa shape index (κ1) is 9.12. The summed E-state index contributed by atoms with van der Waals surface area (Å²) in [5.74, 6) is 1.38. The third-order valence-corrected chi connectivity index (χ3v) is 3.01. The summed E-state index contributed by atoms with van der Waals surface area (Å²) < 4.78 is 0. The minimum absolute atomic E-state index is 0.396. The maximum Gasteiger partial charge on any atom is 0.0344 e. The molecule has 2 unspecified atom stereocenters. The van der Waals surface area contributed by atoms with Crippen molar-refractivity contribution in [1.82, 2.24) is 0 Å². The monoisotopic (exact) mass is 172 g/mol. The standard InChI is InChI=1S/C10H17Cl/c1-7(2)10-6-9(11)5-4-8(10)3/h7,9-10H,3-6H2,1-2H3. The van der Waals surface area contributed by atoms with Crippen LogP contribution in [0.25, 0.3) is 0 Å². The zero-order valence-corrected chi connectivity index (χ0v) is 8.19. The van der Waals surface area contributed by atoms with Gasteiger partial charge < -0.3 is 0 Å². The molecule has 1 aliphatic carbocycles. The molecule has 0 N–H and O–H groups in total. The van der Waals surface area contributed by atoms with E-state index in [-0.39, 0.29) is 0 Å². The second kappa shape index (κ2) is 3.62. The Labute approximate surface area is 74.6 Å². The molecule has 1 rings (SSSR count). The van der Waals surface area contributed by atoms with Gasteiger partial charge in [0.15, 0.2) is 0 Å². The molecule has 0 nitrogen and oxygen atoms in total. The Morgan fingerprint density at radius 1 is 1.55 bits per heavy atom. The molecule has 64 valence electrons. The average Bonchev–Trinajstić information content (AvgIpc) is 1.94. The first-order valence-electron chi connectivity index (χ1n) is 4.43. The van der Waals surface area contributed by atoms with Crippen molar-refractivity contribution in [3.05, 3.63) is 12.2 Å². The van der Waals surface area contributed by atoms with Gasteiger partial charge in [-0.2, -0.15) is 0 Å². The van der Waals surface area contributed by atoms with Crippen LogP contribution in [0.2, 0.25) is 0 Å². The van der Waals surface area contributed by atoms with Crippen LogP contribution in [-0.2, 0) is 0 Å². The van der Waals surface area contributed by atoms with Gasteiger partial charge in [-0.3, -0.25) is 0 Å². The van der Waals surface area contributed by atoms with Crippen LogP contribution in [0.5, 0.6) is 0 Å². The maximum atomic E-state index is 6.08. The van der Waals surface area contributed by atoms with Crippen LogP contribution >= 0.6 is 11.6 Å². The molecule has 11 heavy (non-hydrogen) atoms. The van der Waals surface area contributed by atoms with Crippen molar-refractivity contribution in [2.24, 2.45) is 11.8 Å². The van der Waals surface area contributed by atoms with Gasteiger partial charge in [0.25, 0.3) is 0 Å². The predicted molar refractivity (Wildman–Crippen MR) is 51.0 cm³/mol. The second-order valence-corrected chi connectivity index (χ2v) is 4.50. The van der Waals surface area contributed by atoms with E-state index in [4.69, 9.17) is 11.6 Å². The Kier molecular flexibility index (Phi) is 3.00. The van der Waals surface area contributed by atoms with Gasteiger partial charge in [-0.05, 0) is 31.1 Å². The van der Waals surface area contributed by atoms with Gasteiger partial charge in [0.1, 0.15) is 0 Å². The summed E-state index contributed by atoms with van der Waals surface area (Å²) in [4.78, 5) is 0. The van der Waals surface area contributed by atoms with Gasteiger partial charge >= 0.3 is 0 Å². The van der Waals surface area contributed by atoms with E-state index in [0.717, 1.165) is 19.3 Å². The van der Waals surface area contributed by atoms with E-state index >= 15 is 0 Å². The Morgan fingerprint density at radius 3 is 2.64 bits per heavy atom. The van der Waals surface area contributed by atoms with Crippen molar-refractivity contribution in [2.45, 2.75) is 38.5 Å². The lowest BCUT2D eigenvalue weighted by molar-refractivity contribution is 0.362. The Morgan fingerprint density at radius 2 is 2.18 bits per heavy atom. The van der Waals surface area contributed by atoms with E-state index in [1.807, 2.05) is 0 Å². The summed E-state index contributed by atoms with van der Waals surface area (Å²) in [6.45, 7) is 8.60. The van der Waals surface area contributed by atoms with Crippen molar-refractivity contribution >= 4 is 11.6 Å². The summed E-state index contributed by atoms with van der Waals surface area (Å²) in [6, 6.07) is 0. The van der Waals surface area contributed by atoms with Crippen LogP contribution in [0.1, 0.15) is 33.1 Å². The van der Waals surface area contributed by atoms with Gasteiger partial charge in [0, 0.05) is 5.38 Å². The molecule has 2 atom stereocenters. The predicted octanol–water partition coefficient (Wildman–Crippen LogP) is 3.61. The number of halogens is 1. The lowest BCUT2D eigenvalue weighted by Gasteiger charge is -2.30. The van der Waals surface area contributed by atoms with Crippen molar-refractivity contribution in [3.8, 4) is 0 Å². The number of alkyl halides is 1. The number of hydrogen-bond acceptors (Lipinski definition) is 0. The third-order valence-electron chi connectivity index (χ3n) is 2.62. The van der Waals surface area contributed by atoms with Crippen LogP contribution in [0, 0.1) is 11.8 Å². The summed E-state index contributed by atoms with van der Waals surface area (Å²) in [7, 11) is 0. The highest BCUT2D eigenvalue weighted by atomic mass is 35.5. The van der Waals surface area contributed by atoms with Crippen molar-refractivity contribution in [1.29, 1.82) is 0 Å². The van der Waals surface area contributed by atoms with E-state index in [1.54, 1.807) is 0 Å². The molecule has 0 spiro atoms. The van der Waals surface area contributed by atoms with Crippen LogP contribution < -0.4 is 0 Å². The molecule has 0 saturated heterocycles. The summed E-state index contributed by atoms with van der Waals surface area (Å²) in [5, 5.41) is 0.396. The lowest BCUT2D eigenvalue weighted by Crippen LogP contribution is -2.21. The van der Waals surface area contributed by atoms with Crippen LogP contribution in [0.3, 0.4) is 0 Å². The minimum Gasteiger partial charge on any atom is -0.123 e. The third kappa shape index (κ3) is 2.23. The Balaban J connectivity index is 2.54. The molecule has 1 fully saturated rings. The van der Waals surface area contributed by atoms with Gasteiger partial charge in [0.2, 0.25) is 0 Å². The highest BCUT2D eigenvalue weighted by Gasteiger charge is 2.25. The van der Waals surface area contributed by atoms with Gasteiger partial charge in [-0.25, -0.2) is 0 Å². The fourth-order valence-electron chi connectivity index (χ4n) is 1.83. The molecule has 0 heterocycles. The molecular weight excluding hydrogens is 156 g/mol. The lowest BCUT2D eigenvalue weighted by atomic mass is 9.78. The second-order valence-electron chi connectivity index (χ2n) is 3.88. The SMILES string of the molecule is C=C1CCC(Cl)CC1C(C)C. The molecule has 0 radical (unpaired) electrons. The molecule has 0 aromatic heterocycles. The molecule has 0 aromatic carbocycles. The zero-order valence-electron chi connectivity index (χ0n) is 7.44. The normalized spacial score (nSPS) is 32.9. The molecule has 1 saturated carbocycles. The molecule has 0 aliphatic heterocycles. The Bertz CT molecular complexity index is 149. The number of rotatable bonds is 1. The first-order valence-corrected chi connectivity index (χ1v) is 4.86. The number of hydrogen-bond donors (Lipinski definition) is 0. The average molecular weight is 173 g/mol. The largest absolute Gasteiger partial charge is 0.123 e. The van der Waals surface area contributed by atoms with Crippen LogP contribution in [0.4, 0.5) is 0 Å². The van der Waals surface area contributed by atoms with Crippen molar-refractivity contribution < 1.29 is 0 Å². The van der Waals surface area contributed by atoms with E-state index in [0.29, 0.717) is 17.2 Å². The van der Waals surface area contributed by atoms with E-state index in [9.17, 15) is 0 Å². The van der Waals surface area contributed by atoms with Crippen LogP contribution in [-0.4, -0.2) is 5.38 Å². The molecule has 1 heteroatoms. The van der Waals surface area contributed by atoms with E-state index in [1.165, 1.54) is 5.57 Å². The molecule has 0 amide bonds.